The zero-order chi connectivity index (χ0) is 32.5. The second-order valence-electron chi connectivity index (χ2n) is 12.6. The van der Waals surface area contributed by atoms with Crippen LogP contribution in [0.4, 0.5) is 0 Å². The lowest BCUT2D eigenvalue weighted by atomic mass is 9.65. The summed E-state index contributed by atoms with van der Waals surface area (Å²) in [4.78, 5) is 5.02. The maximum atomic E-state index is 10.6. The standard InChI is InChI=1S/C45H27N3O/c46-28-32-26-31(29-22-24-33(25-23-29)48-41-20-10-9-19-40(41)47-44(48)30-12-2-1-3-13-30)27-39-43(32)49-42-21-11-8-18-38(42)45(39)36-16-6-4-14-34(36)35-15-5-7-17-37(35)45/h1-27H. The van der Waals surface area contributed by atoms with Gasteiger partial charge in [0.25, 0.3) is 0 Å². The van der Waals surface area contributed by atoms with Gasteiger partial charge in [0.1, 0.15) is 23.4 Å². The van der Waals surface area contributed by atoms with E-state index in [1.165, 1.54) is 22.3 Å². The second-order valence-corrected chi connectivity index (χ2v) is 12.6. The summed E-state index contributed by atoms with van der Waals surface area (Å²) in [5.74, 6) is 2.29. The minimum absolute atomic E-state index is 0.513. The smallest absolute Gasteiger partial charge is 0.150 e. The molecule has 1 aliphatic carbocycles. The molecule has 0 saturated heterocycles. The fourth-order valence-electron chi connectivity index (χ4n) is 8.07. The lowest BCUT2D eigenvalue weighted by Crippen LogP contribution is -2.32. The third-order valence-electron chi connectivity index (χ3n) is 10.1. The van der Waals surface area contributed by atoms with Crippen molar-refractivity contribution in [2.75, 3.05) is 0 Å². The number of benzene rings is 7. The van der Waals surface area contributed by atoms with Crippen LogP contribution in [0.15, 0.2) is 164 Å². The average molecular weight is 626 g/mol. The Morgan fingerprint density at radius 2 is 1.18 bits per heavy atom. The first-order valence-electron chi connectivity index (χ1n) is 16.4. The van der Waals surface area contributed by atoms with Gasteiger partial charge < -0.3 is 4.74 Å². The van der Waals surface area contributed by atoms with Crippen LogP contribution in [0.1, 0.15) is 27.8 Å². The quantitative estimate of drug-likeness (QED) is 0.196. The van der Waals surface area contributed by atoms with Gasteiger partial charge in [0.15, 0.2) is 0 Å². The Bertz CT molecular complexity index is 2600. The molecule has 0 bridgehead atoms. The van der Waals surface area contributed by atoms with E-state index in [2.05, 4.69) is 132 Å². The summed E-state index contributed by atoms with van der Waals surface area (Å²) in [6.45, 7) is 0. The van der Waals surface area contributed by atoms with Crippen LogP contribution in [-0.4, -0.2) is 9.55 Å². The molecule has 0 fully saturated rings. The van der Waals surface area contributed by atoms with Gasteiger partial charge >= 0.3 is 0 Å². The maximum absolute atomic E-state index is 10.6. The first-order chi connectivity index (χ1) is 24.3. The Hall–Kier alpha value is -6.70. The molecule has 1 aromatic heterocycles. The van der Waals surface area contributed by atoms with Gasteiger partial charge in [-0.1, -0.05) is 121 Å². The van der Waals surface area contributed by atoms with E-state index in [-0.39, 0.29) is 0 Å². The lowest BCUT2D eigenvalue weighted by molar-refractivity contribution is 0.435. The Labute approximate surface area is 283 Å². The van der Waals surface area contributed by atoms with E-state index in [1.807, 2.05) is 42.5 Å². The predicted molar refractivity (Wildman–Crippen MR) is 194 cm³/mol. The number of hydrogen-bond acceptors (Lipinski definition) is 3. The first kappa shape index (κ1) is 27.4. The number of ether oxygens (including phenoxy) is 1. The largest absolute Gasteiger partial charge is 0.455 e. The van der Waals surface area contributed by atoms with Crippen molar-refractivity contribution in [3.05, 3.63) is 192 Å². The monoisotopic (exact) mass is 625 g/mol. The van der Waals surface area contributed by atoms with Crippen LogP contribution in [0.25, 0.3) is 50.4 Å². The molecule has 0 saturated carbocycles. The van der Waals surface area contributed by atoms with E-state index in [0.717, 1.165) is 56.1 Å². The highest BCUT2D eigenvalue weighted by Gasteiger charge is 2.51. The highest BCUT2D eigenvalue weighted by molar-refractivity contribution is 5.90. The van der Waals surface area contributed by atoms with Crippen LogP contribution in [-0.2, 0) is 5.41 Å². The van der Waals surface area contributed by atoms with E-state index < -0.39 is 5.41 Å². The van der Waals surface area contributed by atoms with Crippen molar-refractivity contribution in [2.24, 2.45) is 0 Å². The molecule has 0 unspecified atom stereocenters. The summed E-state index contributed by atoms with van der Waals surface area (Å²) in [5, 5.41) is 10.6. The Kier molecular flexibility index (Phi) is 5.82. The van der Waals surface area contributed by atoms with Gasteiger partial charge in [-0.3, -0.25) is 4.57 Å². The minimum Gasteiger partial charge on any atom is -0.455 e. The topological polar surface area (TPSA) is 50.8 Å². The summed E-state index contributed by atoms with van der Waals surface area (Å²) in [6.07, 6.45) is 0. The fourth-order valence-corrected chi connectivity index (χ4v) is 8.07. The molecule has 2 aliphatic rings. The number of imidazole rings is 1. The molecule has 0 amide bonds. The highest BCUT2D eigenvalue weighted by Crippen LogP contribution is 2.62. The molecule has 0 N–H and O–H groups in total. The number of rotatable bonds is 3. The van der Waals surface area contributed by atoms with Crippen molar-refractivity contribution in [2.45, 2.75) is 5.41 Å². The molecule has 4 nitrogen and oxygen atoms in total. The summed E-state index contributed by atoms with van der Waals surface area (Å²) < 4.78 is 8.85. The summed E-state index contributed by atoms with van der Waals surface area (Å²) in [7, 11) is 0. The summed E-state index contributed by atoms with van der Waals surface area (Å²) in [5.41, 5.74) is 12.8. The van der Waals surface area contributed by atoms with Crippen LogP contribution < -0.4 is 4.74 Å². The third kappa shape index (κ3) is 3.82. The van der Waals surface area contributed by atoms with Crippen molar-refractivity contribution in [3.8, 4) is 56.9 Å². The Morgan fingerprint density at radius 3 is 1.92 bits per heavy atom. The molecule has 4 heteroatoms. The van der Waals surface area contributed by atoms with Gasteiger partial charge in [-0.15, -0.1) is 0 Å². The Balaban J connectivity index is 1.19. The SMILES string of the molecule is N#Cc1cc(-c2ccc(-n3c(-c4ccccc4)nc4ccccc43)cc2)cc2c1Oc1ccccc1C21c2ccccc2-c2ccccc21. The molecule has 2 heterocycles. The van der Waals surface area contributed by atoms with Crippen LogP contribution in [0.2, 0.25) is 0 Å². The van der Waals surface area contributed by atoms with E-state index in [1.54, 1.807) is 0 Å². The molecule has 1 spiro atoms. The maximum Gasteiger partial charge on any atom is 0.150 e. The number of fused-ring (bicyclic) bond motifs is 10. The van der Waals surface area contributed by atoms with Crippen molar-refractivity contribution >= 4 is 11.0 Å². The predicted octanol–water partition coefficient (Wildman–Crippen LogP) is 10.7. The zero-order valence-electron chi connectivity index (χ0n) is 26.3. The van der Waals surface area contributed by atoms with E-state index in [9.17, 15) is 5.26 Å². The van der Waals surface area contributed by atoms with Gasteiger partial charge in [-0.25, -0.2) is 4.98 Å². The molecule has 10 rings (SSSR count). The molecule has 1 aliphatic heterocycles. The molecule has 8 aromatic rings. The minimum atomic E-state index is -0.640. The van der Waals surface area contributed by atoms with Gasteiger partial charge in [0.2, 0.25) is 0 Å². The third-order valence-corrected chi connectivity index (χ3v) is 10.1. The van der Waals surface area contributed by atoms with Crippen molar-refractivity contribution < 1.29 is 4.74 Å². The zero-order valence-corrected chi connectivity index (χ0v) is 26.3. The van der Waals surface area contributed by atoms with Crippen molar-refractivity contribution in [1.82, 2.24) is 9.55 Å². The molecular formula is C45H27N3O. The Morgan fingerprint density at radius 1 is 0.551 bits per heavy atom. The van der Waals surface area contributed by atoms with Crippen LogP contribution >= 0.6 is 0 Å². The van der Waals surface area contributed by atoms with E-state index in [4.69, 9.17) is 9.72 Å². The molecule has 49 heavy (non-hydrogen) atoms. The average Bonchev–Trinajstić information content (AvgIpc) is 3.70. The van der Waals surface area contributed by atoms with Gasteiger partial charge in [0.05, 0.1) is 22.0 Å². The molecule has 0 atom stereocenters. The lowest BCUT2D eigenvalue weighted by Gasteiger charge is -2.40. The second kappa shape index (κ2) is 10.4. The van der Waals surface area contributed by atoms with Gasteiger partial charge in [-0.05, 0) is 75.8 Å². The summed E-state index contributed by atoms with van der Waals surface area (Å²) in [6, 6.07) is 59.4. The summed E-state index contributed by atoms with van der Waals surface area (Å²) >= 11 is 0. The molecule has 228 valence electrons. The number of nitrogens with zero attached hydrogens (tertiary/aromatic N) is 3. The number of para-hydroxylation sites is 3. The normalized spacial score (nSPS) is 13.2. The van der Waals surface area contributed by atoms with Crippen LogP contribution in [0, 0.1) is 11.3 Å². The van der Waals surface area contributed by atoms with Crippen molar-refractivity contribution in [1.29, 1.82) is 5.26 Å². The molecule has 7 aromatic carbocycles. The van der Waals surface area contributed by atoms with E-state index in [0.29, 0.717) is 11.3 Å². The van der Waals surface area contributed by atoms with E-state index >= 15 is 0 Å². The number of nitriles is 1. The number of aromatic nitrogens is 2. The fraction of sp³-hybridized carbons (Fsp3) is 0.0222. The number of hydrogen-bond donors (Lipinski definition) is 0. The van der Waals surface area contributed by atoms with Crippen LogP contribution in [0.3, 0.4) is 0 Å². The van der Waals surface area contributed by atoms with Crippen LogP contribution in [0.5, 0.6) is 11.5 Å². The van der Waals surface area contributed by atoms with Gasteiger partial charge in [-0.2, -0.15) is 5.26 Å². The van der Waals surface area contributed by atoms with Crippen molar-refractivity contribution in [3.63, 3.8) is 0 Å². The molecule has 0 radical (unpaired) electrons. The van der Waals surface area contributed by atoms with Gasteiger partial charge in [0, 0.05) is 22.4 Å². The molecular weight excluding hydrogens is 599 g/mol. The highest BCUT2D eigenvalue weighted by atomic mass is 16.5. The first-order valence-corrected chi connectivity index (χ1v) is 16.4.